The van der Waals surface area contributed by atoms with Crippen molar-refractivity contribution in [2.75, 3.05) is 0 Å². The summed E-state index contributed by atoms with van der Waals surface area (Å²) < 4.78 is 0. The number of pyridine rings is 1. The van der Waals surface area contributed by atoms with E-state index >= 15 is 0 Å². The average Bonchev–Trinajstić information content (AvgIpc) is 2.17. The molecule has 0 bridgehead atoms. The van der Waals surface area contributed by atoms with Gasteiger partial charge in [-0.3, -0.25) is 9.98 Å². The molecule has 0 N–H and O–H groups in total. The van der Waals surface area contributed by atoms with Crippen LogP contribution in [0.1, 0.15) is 32.8 Å². The van der Waals surface area contributed by atoms with Gasteiger partial charge in [-0.15, -0.1) is 0 Å². The summed E-state index contributed by atoms with van der Waals surface area (Å²) in [4.78, 5) is 8.52. The summed E-state index contributed by atoms with van der Waals surface area (Å²) in [5.74, 6) is 0. The molecule has 0 aromatic carbocycles. The highest BCUT2D eigenvalue weighted by Crippen LogP contribution is 2.33. The Balaban J connectivity index is 2.42. The Bertz CT molecular complexity index is 417. The molecule has 15 heavy (non-hydrogen) atoms. The van der Waals surface area contributed by atoms with Crippen LogP contribution in [-0.2, 0) is 5.41 Å². The Hall–Kier alpha value is -1.44. The second-order valence-corrected chi connectivity index (χ2v) is 4.46. The fourth-order valence-electron chi connectivity index (χ4n) is 2.33. The minimum Gasteiger partial charge on any atom is -0.265 e. The zero-order valence-electron chi connectivity index (χ0n) is 9.49. The van der Waals surface area contributed by atoms with Crippen LogP contribution in [-0.4, -0.2) is 10.7 Å². The molecule has 1 atom stereocenters. The van der Waals surface area contributed by atoms with Crippen molar-refractivity contribution in [1.29, 1.82) is 0 Å². The summed E-state index contributed by atoms with van der Waals surface area (Å²) in [7, 11) is 0. The molecular weight excluding hydrogens is 184 g/mol. The van der Waals surface area contributed by atoms with E-state index < -0.39 is 0 Å². The number of nitrogens with zero attached hydrogens (tertiary/aromatic N) is 2. The first-order valence-electron chi connectivity index (χ1n) is 5.24. The monoisotopic (exact) mass is 200 g/mol. The lowest BCUT2D eigenvalue weighted by atomic mass is 9.77. The van der Waals surface area contributed by atoms with Gasteiger partial charge in [0.15, 0.2) is 0 Å². The van der Waals surface area contributed by atoms with Crippen molar-refractivity contribution in [1.82, 2.24) is 4.98 Å². The first kappa shape index (κ1) is 10.1. The maximum atomic E-state index is 4.47. The van der Waals surface area contributed by atoms with Gasteiger partial charge >= 0.3 is 0 Å². The van der Waals surface area contributed by atoms with Gasteiger partial charge in [0, 0.05) is 29.2 Å². The molecule has 0 saturated carbocycles. The van der Waals surface area contributed by atoms with E-state index in [9.17, 15) is 0 Å². The molecule has 2 nitrogen and oxygen atoms in total. The van der Waals surface area contributed by atoms with Gasteiger partial charge in [0.05, 0.1) is 0 Å². The molecule has 0 radical (unpaired) electrons. The summed E-state index contributed by atoms with van der Waals surface area (Å²) in [6.45, 7) is 6.40. The van der Waals surface area contributed by atoms with Crippen LogP contribution >= 0.6 is 0 Å². The fraction of sp³-hybridized carbons (Fsp3) is 0.385. The number of allylic oxidation sites excluding steroid dienone is 2. The number of hydrogen-bond donors (Lipinski definition) is 0. The average molecular weight is 200 g/mol. The fourth-order valence-corrected chi connectivity index (χ4v) is 2.33. The Morgan fingerprint density at radius 2 is 1.87 bits per heavy atom. The Labute approximate surface area is 90.8 Å². The van der Waals surface area contributed by atoms with Crippen molar-refractivity contribution in [3.05, 3.63) is 41.9 Å². The van der Waals surface area contributed by atoms with Crippen LogP contribution in [0.15, 0.2) is 41.3 Å². The summed E-state index contributed by atoms with van der Waals surface area (Å²) >= 11 is 0. The normalized spacial score (nSPS) is 25.8. The van der Waals surface area contributed by atoms with Crippen LogP contribution in [0.25, 0.3) is 0 Å². The topological polar surface area (TPSA) is 25.2 Å². The molecule has 2 rings (SSSR count). The summed E-state index contributed by atoms with van der Waals surface area (Å²) in [5, 5.41) is 0. The SMILES string of the molecule is CC1=CC(C)(c2ccncc2)CC(C)=N1. The van der Waals surface area contributed by atoms with Crippen LogP contribution in [0.2, 0.25) is 0 Å². The molecule has 0 amide bonds. The van der Waals surface area contributed by atoms with Crippen LogP contribution in [0.5, 0.6) is 0 Å². The van der Waals surface area contributed by atoms with E-state index in [1.54, 1.807) is 0 Å². The minimum atomic E-state index is 0.0822. The van der Waals surface area contributed by atoms with Crippen molar-refractivity contribution in [2.45, 2.75) is 32.6 Å². The van der Waals surface area contributed by atoms with Gasteiger partial charge in [-0.1, -0.05) is 13.0 Å². The number of hydrogen-bond acceptors (Lipinski definition) is 2. The molecule has 78 valence electrons. The second kappa shape index (κ2) is 3.61. The van der Waals surface area contributed by atoms with Crippen LogP contribution < -0.4 is 0 Å². The van der Waals surface area contributed by atoms with Crippen LogP contribution in [0.4, 0.5) is 0 Å². The van der Waals surface area contributed by atoms with Gasteiger partial charge in [0.25, 0.3) is 0 Å². The summed E-state index contributed by atoms with van der Waals surface area (Å²) in [6.07, 6.45) is 6.94. The maximum absolute atomic E-state index is 4.47. The van der Waals surface area contributed by atoms with Crippen molar-refractivity contribution in [2.24, 2.45) is 4.99 Å². The van der Waals surface area contributed by atoms with Crippen LogP contribution in [0.3, 0.4) is 0 Å². The van der Waals surface area contributed by atoms with E-state index in [4.69, 9.17) is 0 Å². The first-order chi connectivity index (χ1) is 7.10. The van der Waals surface area contributed by atoms with Crippen LogP contribution in [0, 0.1) is 0 Å². The molecule has 0 fully saturated rings. The van der Waals surface area contributed by atoms with Gasteiger partial charge in [-0.2, -0.15) is 0 Å². The quantitative estimate of drug-likeness (QED) is 0.683. The molecule has 1 aromatic rings. The Kier molecular flexibility index (Phi) is 2.43. The third-order valence-corrected chi connectivity index (χ3v) is 2.86. The minimum absolute atomic E-state index is 0.0822. The van der Waals surface area contributed by atoms with E-state index in [1.165, 1.54) is 11.3 Å². The highest BCUT2D eigenvalue weighted by Gasteiger charge is 2.27. The van der Waals surface area contributed by atoms with Gasteiger partial charge in [-0.25, -0.2) is 0 Å². The van der Waals surface area contributed by atoms with E-state index in [-0.39, 0.29) is 5.41 Å². The smallest absolute Gasteiger partial charge is 0.0341 e. The van der Waals surface area contributed by atoms with Crippen molar-refractivity contribution >= 4 is 5.71 Å². The Morgan fingerprint density at radius 1 is 1.20 bits per heavy atom. The van der Waals surface area contributed by atoms with E-state index in [2.05, 4.69) is 49.0 Å². The Morgan fingerprint density at radius 3 is 2.47 bits per heavy atom. The van der Waals surface area contributed by atoms with Crippen molar-refractivity contribution in [3.8, 4) is 0 Å². The number of aliphatic imine (C=N–C) groups is 1. The standard InChI is InChI=1S/C13H16N2/c1-10-8-13(3,9-11(2)15-10)12-4-6-14-7-5-12/h4-8H,9H2,1-3H3. The molecule has 2 heterocycles. The van der Waals surface area contributed by atoms with E-state index in [0.29, 0.717) is 0 Å². The molecule has 1 aliphatic rings. The van der Waals surface area contributed by atoms with Gasteiger partial charge in [0.1, 0.15) is 0 Å². The summed E-state index contributed by atoms with van der Waals surface area (Å²) in [5.41, 5.74) is 3.71. The van der Waals surface area contributed by atoms with Gasteiger partial charge < -0.3 is 0 Å². The summed E-state index contributed by atoms with van der Waals surface area (Å²) in [6, 6.07) is 4.17. The van der Waals surface area contributed by atoms with E-state index in [1.807, 2.05) is 12.4 Å². The zero-order chi connectivity index (χ0) is 10.9. The molecule has 2 heteroatoms. The third-order valence-electron chi connectivity index (χ3n) is 2.86. The molecular formula is C13H16N2. The highest BCUT2D eigenvalue weighted by molar-refractivity contribution is 5.85. The molecule has 0 aliphatic carbocycles. The van der Waals surface area contributed by atoms with E-state index in [0.717, 1.165) is 12.1 Å². The number of rotatable bonds is 1. The van der Waals surface area contributed by atoms with Crippen molar-refractivity contribution in [3.63, 3.8) is 0 Å². The van der Waals surface area contributed by atoms with Crippen molar-refractivity contribution < 1.29 is 0 Å². The lowest BCUT2D eigenvalue weighted by molar-refractivity contribution is 0.605. The third kappa shape index (κ3) is 1.99. The predicted octanol–water partition coefficient (Wildman–Crippen LogP) is 3.11. The molecule has 1 aromatic heterocycles. The largest absolute Gasteiger partial charge is 0.265 e. The molecule has 0 spiro atoms. The molecule has 1 aliphatic heterocycles. The first-order valence-corrected chi connectivity index (χ1v) is 5.24. The molecule has 1 unspecified atom stereocenters. The van der Waals surface area contributed by atoms with Gasteiger partial charge in [0.2, 0.25) is 0 Å². The second-order valence-electron chi connectivity index (χ2n) is 4.46. The lowest BCUT2D eigenvalue weighted by Gasteiger charge is -2.30. The molecule has 0 saturated heterocycles. The van der Waals surface area contributed by atoms with Gasteiger partial charge in [-0.05, 0) is 38.0 Å². The number of aromatic nitrogens is 1. The highest BCUT2D eigenvalue weighted by atomic mass is 14.8. The predicted molar refractivity (Wildman–Crippen MR) is 63.1 cm³/mol. The maximum Gasteiger partial charge on any atom is 0.0341 e. The lowest BCUT2D eigenvalue weighted by Crippen LogP contribution is -2.25. The zero-order valence-corrected chi connectivity index (χ0v) is 9.49.